The Morgan fingerprint density at radius 3 is 2.63 bits per heavy atom. The lowest BCUT2D eigenvalue weighted by atomic mass is 9.69. The van der Waals surface area contributed by atoms with Gasteiger partial charge in [0.1, 0.15) is 0 Å². The van der Waals surface area contributed by atoms with Gasteiger partial charge in [-0.3, -0.25) is 0 Å². The first kappa shape index (κ1) is 14.8. The van der Waals surface area contributed by atoms with Crippen molar-refractivity contribution < 1.29 is 0 Å². The second kappa shape index (κ2) is 6.23. The van der Waals surface area contributed by atoms with Crippen LogP contribution in [0.1, 0.15) is 46.5 Å². The zero-order valence-electron chi connectivity index (χ0n) is 12.2. The molecule has 4 heteroatoms. The molecule has 0 radical (unpaired) electrons. The highest BCUT2D eigenvalue weighted by atomic mass is 32.2. The standard InChI is InChI=1S/C15H25N3S/c1-4-15(2,3)11-6-7-12(16)13(10-11)19-14-17-8-5-9-18-14/h5,8-9,11-13H,4,6-7,10,16H2,1-3H3. The van der Waals surface area contributed by atoms with E-state index < -0.39 is 0 Å². The van der Waals surface area contributed by atoms with Crippen LogP contribution in [-0.4, -0.2) is 21.3 Å². The maximum Gasteiger partial charge on any atom is 0.187 e. The van der Waals surface area contributed by atoms with E-state index in [0.29, 0.717) is 10.7 Å². The topological polar surface area (TPSA) is 51.8 Å². The molecule has 0 saturated heterocycles. The van der Waals surface area contributed by atoms with E-state index in [0.717, 1.165) is 17.5 Å². The quantitative estimate of drug-likeness (QED) is 0.857. The Bertz CT molecular complexity index is 394. The van der Waals surface area contributed by atoms with E-state index >= 15 is 0 Å². The molecule has 1 aliphatic carbocycles. The summed E-state index contributed by atoms with van der Waals surface area (Å²) in [7, 11) is 0. The molecule has 3 nitrogen and oxygen atoms in total. The van der Waals surface area contributed by atoms with Crippen LogP contribution in [0.4, 0.5) is 0 Å². The summed E-state index contributed by atoms with van der Waals surface area (Å²) >= 11 is 1.76. The number of nitrogens with zero attached hydrogens (tertiary/aromatic N) is 2. The van der Waals surface area contributed by atoms with E-state index in [1.165, 1.54) is 19.3 Å². The Labute approximate surface area is 120 Å². The van der Waals surface area contributed by atoms with Crippen LogP contribution in [0.25, 0.3) is 0 Å². The summed E-state index contributed by atoms with van der Waals surface area (Å²) in [6.45, 7) is 7.06. The highest BCUT2D eigenvalue weighted by molar-refractivity contribution is 7.99. The predicted octanol–water partition coefficient (Wildman–Crippen LogP) is 3.50. The van der Waals surface area contributed by atoms with Crippen molar-refractivity contribution in [1.29, 1.82) is 0 Å². The number of nitrogens with two attached hydrogens (primary N) is 1. The van der Waals surface area contributed by atoms with Crippen LogP contribution < -0.4 is 5.73 Å². The average molecular weight is 279 g/mol. The van der Waals surface area contributed by atoms with Crippen molar-refractivity contribution in [3.05, 3.63) is 18.5 Å². The summed E-state index contributed by atoms with van der Waals surface area (Å²) in [4.78, 5) is 8.62. The summed E-state index contributed by atoms with van der Waals surface area (Å²) in [6.07, 6.45) is 8.40. The summed E-state index contributed by atoms with van der Waals surface area (Å²) in [5.41, 5.74) is 6.71. The normalized spacial score (nSPS) is 28.3. The summed E-state index contributed by atoms with van der Waals surface area (Å²) < 4.78 is 0. The highest BCUT2D eigenvalue weighted by Gasteiger charge is 2.36. The summed E-state index contributed by atoms with van der Waals surface area (Å²) in [6, 6.07) is 2.13. The van der Waals surface area contributed by atoms with Crippen molar-refractivity contribution in [3.63, 3.8) is 0 Å². The maximum absolute atomic E-state index is 6.30. The van der Waals surface area contributed by atoms with Gasteiger partial charge in [0, 0.05) is 23.7 Å². The van der Waals surface area contributed by atoms with E-state index in [2.05, 4.69) is 30.7 Å². The van der Waals surface area contributed by atoms with Gasteiger partial charge in [0.2, 0.25) is 0 Å². The minimum atomic E-state index is 0.276. The van der Waals surface area contributed by atoms with E-state index in [9.17, 15) is 0 Å². The van der Waals surface area contributed by atoms with E-state index in [1.54, 1.807) is 24.2 Å². The molecular formula is C15H25N3S. The van der Waals surface area contributed by atoms with Crippen LogP contribution >= 0.6 is 11.8 Å². The number of hydrogen-bond donors (Lipinski definition) is 1. The number of thioether (sulfide) groups is 1. The van der Waals surface area contributed by atoms with Crippen molar-refractivity contribution in [2.45, 2.75) is 62.9 Å². The molecule has 1 fully saturated rings. The number of aromatic nitrogens is 2. The molecule has 106 valence electrons. The van der Waals surface area contributed by atoms with Gasteiger partial charge in [0.05, 0.1) is 0 Å². The summed E-state index contributed by atoms with van der Waals surface area (Å²) in [5, 5.41) is 1.31. The molecule has 1 aromatic heterocycles. The first-order valence-electron chi connectivity index (χ1n) is 7.22. The van der Waals surface area contributed by atoms with Gasteiger partial charge < -0.3 is 5.73 Å². The zero-order valence-corrected chi connectivity index (χ0v) is 13.0. The molecule has 19 heavy (non-hydrogen) atoms. The molecule has 1 aliphatic rings. The molecule has 3 atom stereocenters. The van der Waals surface area contributed by atoms with Crippen LogP contribution in [0.15, 0.2) is 23.6 Å². The van der Waals surface area contributed by atoms with Gasteiger partial charge in [-0.1, -0.05) is 39.0 Å². The van der Waals surface area contributed by atoms with Gasteiger partial charge in [-0.05, 0) is 36.7 Å². The van der Waals surface area contributed by atoms with Gasteiger partial charge in [0.15, 0.2) is 5.16 Å². The van der Waals surface area contributed by atoms with Gasteiger partial charge in [-0.15, -0.1) is 0 Å². The molecule has 1 aromatic rings. The third kappa shape index (κ3) is 3.69. The molecule has 3 unspecified atom stereocenters. The fourth-order valence-corrected chi connectivity index (χ4v) is 3.92. The first-order chi connectivity index (χ1) is 9.03. The SMILES string of the molecule is CCC(C)(C)C1CCC(N)C(Sc2ncccn2)C1. The fraction of sp³-hybridized carbons (Fsp3) is 0.733. The van der Waals surface area contributed by atoms with Gasteiger partial charge >= 0.3 is 0 Å². The molecule has 0 spiro atoms. The second-order valence-electron chi connectivity index (χ2n) is 6.20. The lowest BCUT2D eigenvalue weighted by molar-refractivity contribution is 0.148. The molecular weight excluding hydrogens is 254 g/mol. The fourth-order valence-electron chi connectivity index (χ4n) is 2.77. The van der Waals surface area contributed by atoms with Crippen LogP contribution in [0, 0.1) is 11.3 Å². The van der Waals surface area contributed by atoms with Crippen molar-refractivity contribution >= 4 is 11.8 Å². The molecule has 1 heterocycles. The largest absolute Gasteiger partial charge is 0.327 e. The second-order valence-corrected chi connectivity index (χ2v) is 7.41. The lowest BCUT2D eigenvalue weighted by Crippen LogP contribution is -2.42. The molecule has 0 aliphatic heterocycles. The predicted molar refractivity (Wildman–Crippen MR) is 81.1 cm³/mol. The maximum atomic E-state index is 6.30. The number of rotatable bonds is 4. The van der Waals surface area contributed by atoms with Gasteiger partial charge in [0.25, 0.3) is 0 Å². The Hall–Kier alpha value is -0.610. The molecule has 2 N–H and O–H groups in total. The van der Waals surface area contributed by atoms with Crippen LogP contribution in [0.2, 0.25) is 0 Å². The Kier molecular flexibility index (Phi) is 4.85. The minimum Gasteiger partial charge on any atom is -0.327 e. The zero-order chi connectivity index (χ0) is 13.9. The third-order valence-electron chi connectivity index (χ3n) is 4.66. The van der Waals surface area contributed by atoms with E-state index in [-0.39, 0.29) is 6.04 Å². The molecule has 0 amide bonds. The third-order valence-corrected chi connectivity index (χ3v) is 5.92. The Morgan fingerprint density at radius 2 is 2.00 bits per heavy atom. The van der Waals surface area contributed by atoms with Crippen LogP contribution in [0.5, 0.6) is 0 Å². The van der Waals surface area contributed by atoms with Gasteiger partial charge in [-0.2, -0.15) is 0 Å². The monoisotopic (exact) mass is 279 g/mol. The van der Waals surface area contributed by atoms with Crippen molar-refractivity contribution in [2.24, 2.45) is 17.1 Å². The highest BCUT2D eigenvalue weighted by Crippen LogP contribution is 2.43. The average Bonchev–Trinajstić information content (AvgIpc) is 2.42. The first-order valence-corrected chi connectivity index (χ1v) is 8.10. The smallest absolute Gasteiger partial charge is 0.187 e. The van der Waals surface area contributed by atoms with E-state index in [4.69, 9.17) is 5.73 Å². The molecule has 0 bridgehead atoms. The van der Waals surface area contributed by atoms with E-state index in [1.807, 2.05) is 6.07 Å². The number of hydrogen-bond acceptors (Lipinski definition) is 4. The van der Waals surface area contributed by atoms with Crippen LogP contribution in [-0.2, 0) is 0 Å². The van der Waals surface area contributed by atoms with Gasteiger partial charge in [-0.25, -0.2) is 9.97 Å². The minimum absolute atomic E-state index is 0.276. The molecule has 2 rings (SSSR count). The van der Waals surface area contributed by atoms with Crippen molar-refractivity contribution in [3.8, 4) is 0 Å². The summed E-state index contributed by atoms with van der Waals surface area (Å²) in [5.74, 6) is 0.763. The van der Waals surface area contributed by atoms with Crippen molar-refractivity contribution in [2.75, 3.05) is 0 Å². The van der Waals surface area contributed by atoms with Crippen molar-refractivity contribution in [1.82, 2.24) is 9.97 Å². The van der Waals surface area contributed by atoms with Crippen LogP contribution in [0.3, 0.4) is 0 Å². The Morgan fingerprint density at radius 1 is 1.32 bits per heavy atom. The molecule has 0 aromatic carbocycles. The lowest BCUT2D eigenvalue weighted by Gasteiger charge is -2.41. The Balaban J connectivity index is 2.03. The molecule has 1 saturated carbocycles.